The summed E-state index contributed by atoms with van der Waals surface area (Å²) in [6.45, 7) is -0.215. The predicted molar refractivity (Wildman–Crippen MR) is 100 cm³/mol. The zero-order chi connectivity index (χ0) is 19.2. The van der Waals surface area contributed by atoms with E-state index < -0.39 is 5.91 Å². The Morgan fingerprint density at radius 2 is 2.04 bits per heavy atom. The van der Waals surface area contributed by atoms with Crippen molar-refractivity contribution in [2.24, 2.45) is 5.73 Å². The Hall–Kier alpha value is -3.40. The second-order valence-corrected chi connectivity index (χ2v) is 6.13. The van der Waals surface area contributed by atoms with Crippen LogP contribution < -0.4 is 15.8 Å². The molecular formula is C17H16N6O3S. The number of ether oxygens (including phenoxy) is 1. The summed E-state index contributed by atoms with van der Waals surface area (Å²) in [7, 11) is 0. The number of carbonyl (C=O) groups is 2. The molecule has 3 rings (SSSR count). The van der Waals surface area contributed by atoms with E-state index in [1.54, 1.807) is 41.1 Å². The Balaban J connectivity index is 1.64. The molecule has 1 heterocycles. The zero-order valence-electron chi connectivity index (χ0n) is 14.3. The van der Waals surface area contributed by atoms with E-state index in [0.29, 0.717) is 22.2 Å². The highest BCUT2D eigenvalue weighted by atomic mass is 32.2. The molecule has 0 spiro atoms. The van der Waals surface area contributed by atoms with Crippen LogP contribution in [0.15, 0.2) is 53.7 Å². The van der Waals surface area contributed by atoms with Crippen molar-refractivity contribution >= 4 is 29.3 Å². The zero-order valence-corrected chi connectivity index (χ0v) is 15.1. The Labute approximate surface area is 158 Å². The SMILES string of the molecule is CSc1nnnn1-c1cccc(NC(=O)COc2cccc(C(N)=O)c2)c1. The summed E-state index contributed by atoms with van der Waals surface area (Å²) in [6.07, 6.45) is 1.87. The van der Waals surface area contributed by atoms with Crippen LogP contribution in [-0.4, -0.2) is 44.9 Å². The van der Waals surface area contributed by atoms with Crippen molar-refractivity contribution in [3.8, 4) is 11.4 Å². The fourth-order valence-electron chi connectivity index (χ4n) is 2.27. The first-order chi connectivity index (χ1) is 13.1. The molecule has 10 heteroatoms. The molecule has 2 amide bonds. The highest BCUT2D eigenvalue weighted by molar-refractivity contribution is 7.98. The summed E-state index contributed by atoms with van der Waals surface area (Å²) in [4.78, 5) is 23.3. The number of nitrogens with one attached hydrogen (secondary N) is 1. The number of primary amides is 1. The maximum absolute atomic E-state index is 12.1. The van der Waals surface area contributed by atoms with Crippen molar-refractivity contribution in [1.82, 2.24) is 20.2 Å². The van der Waals surface area contributed by atoms with Gasteiger partial charge in [0.1, 0.15) is 5.75 Å². The molecule has 0 aliphatic carbocycles. The monoisotopic (exact) mass is 384 g/mol. The van der Waals surface area contributed by atoms with Crippen LogP contribution in [0.5, 0.6) is 5.75 Å². The Morgan fingerprint density at radius 3 is 2.81 bits per heavy atom. The molecule has 0 unspecified atom stereocenters. The van der Waals surface area contributed by atoms with Gasteiger partial charge < -0.3 is 15.8 Å². The molecule has 1 aromatic heterocycles. The third kappa shape index (κ3) is 4.61. The summed E-state index contributed by atoms with van der Waals surface area (Å²) < 4.78 is 6.98. The quantitative estimate of drug-likeness (QED) is 0.591. The number of nitrogens with two attached hydrogens (primary N) is 1. The fraction of sp³-hybridized carbons (Fsp3) is 0.118. The summed E-state index contributed by atoms with van der Waals surface area (Å²) in [5.74, 6) is -0.527. The van der Waals surface area contributed by atoms with Gasteiger partial charge in [-0.25, -0.2) is 0 Å². The lowest BCUT2D eigenvalue weighted by Gasteiger charge is -2.09. The van der Waals surface area contributed by atoms with Gasteiger partial charge in [-0.3, -0.25) is 9.59 Å². The van der Waals surface area contributed by atoms with E-state index in [0.717, 1.165) is 5.69 Å². The Bertz CT molecular complexity index is 975. The molecule has 0 atom stereocenters. The van der Waals surface area contributed by atoms with E-state index in [-0.39, 0.29) is 12.5 Å². The van der Waals surface area contributed by atoms with E-state index in [1.807, 2.05) is 12.3 Å². The lowest BCUT2D eigenvalue weighted by molar-refractivity contribution is -0.118. The maximum Gasteiger partial charge on any atom is 0.262 e. The second-order valence-electron chi connectivity index (χ2n) is 5.36. The number of carbonyl (C=O) groups excluding carboxylic acids is 2. The average molecular weight is 384 g/mol. The van der Waals surface area contributed by atoms with Gasteiger partial charge in [-0.2, -0.15) is 4.68 Å². The second kappa shape index (κ2) is 8.32. The summed E-state index contributed by atoms with van der Waals surface area (Å²) >= 11 is 1.41. The number of thioether (sulfide) groups is 1. The Morgan fingerprint density at radius 1 is 1.22 bits per heavy atom. The van der Waals surface area contributed by atoms with Crippen LogP contribution in [0.25, 0.3) is 5.69 Å². The average Bonchev–Trinajstić information content (AvgIpc) is 3.16. The summed E-state index contributed by atoms with van der Waals surface area (Å²) in [5, 5.41) is 14.9. The third-order valence-electron chi connectivity index (χ3n) is 3.49. The number of benzene rings is 2. The predicted octanol–water partition coefficient (Wildman–Crippen LogP) is 1.50. The number of hydrogen-bond donors (Lipinski definition) is 2. The number of anilines is 1. The topological polar surface area (TPSA) is 125 Å². The summed E-state index contributed by atoms with van der Waals surface area (Å²) in [6, 6.07) is 13.4. The van der Waals surface area contributed by atoms with Gasteiger partial charge in [-0.05, 0) is 53.1 Å². The van der Waals surface area contributed by atoms with Crippen molar-refractivity contribution in [2.75, 3.05) is 18.2 Å². The molecule has 0 fully saturated rings. The highest BCUT2D eigenvalue weighted by Crippen LogP contribution is 2.19. The molecule has 0 aliphatic rings. The van der Waals surface area contributed by atoms with Gasteiger partial charge in [0.25, 0.3) is 5.91 Å². The van der Waals surface area contributed by atoms with Crippen molar-refractivity contribution in [2.45, 2.75) is 5.16 Å². The molecular weight excluding hydrogens is 368 g/mol. The van der Waals surface area contributed by atoms with E-state index in [4.69, 9.17) is 10.5 Å². The number of aromatic nitrogens is 4. The number of nitrogens with zero attached hydrogens (tertiary/aromatic N) is 4. The number of tetrazole rings is 1. The van der Waals surface area contributed by atoms with Gasteiger partial charge in [0.05, 0.1) is 5.69 Å². The standard InChI is InChI=1S/C17H16N6O3S/c1-27-17-20-21-22-23(17)13-6-3-5-12(9-13)19-15(24)10-26-14-7-2-4-11(8-14)16(18)25/h2-9H,10H2,1H3,(H2,18,25)(H,19,24). The fourth-order valence-corrected chi connectivity index (χ4v) is 2.70. The lowest BCUT2D eigenvalue weighted by atomic mass is 10.2. The van der Waals surface area contributed by atoms with Gasteiger partial charge in [0, 0.05) is 11.3 Å². The first kappa shape index (κ1) is 18.4. The van der Waals surface area contributed by atoms with E-state index in [1.165, 1.54) is 17.8 Å². The molecule has 0 saturated heterocycles. The molecule has 0 aliphatic heterocycles. The molecule has 27 heavy (non-hydrogen) atoms. The van der Waals surface area contributed by atoms with Crippen LogP contribution in [0.1, 0.15) is 10.4 Å². The van der Waals surface area contributed by atoms with Crippen molar-refractivity contribution < 1.29 is 14.3 Å². The van der Waals surface area contributed by atoms with Crippen LogP contribution in [-0.2, 0) is 4.79 Å². The maximum atomic E-state index is 12.1. The third-order valence-corrected chi connectivity index (χ3v) is 4.11. The van der Waals surface area contributed by atoms with Gasteiger partial charge >= 0.3 is 0 Å². The van der Waals surface area contributed by atoms with Crippen molar-refractivity contribution in [1.29, 1.82) is 0 Å². The van der Waals surface area contributed by atoms with Crippen molar-refractivity contribution in [3.05, 3.63) is 54.1 Å². The van der Waals surface area contributed by atoms with E-state index >= 15 is 0 Å². The van der Waals surface area contributed by atoms with Crippen molar-refractivity contribution in [3.63, 3.8) is 0 Å². The van der Waals surface area contributed by atoms with Crippen LogP contribution in [0.3, 0.4) is 0 Å². The van der Waals surface area contributed by atoms with E-state index in [2.05, 4.69) is 20.8 Å². The van der Waals surface area contributed by atoms with Crippen LogP contribution in [0.2, 0.25) is 0 Å². The first-order valence-electron chi connectivity index (χ1n) is 7.82. The minimum atomic E-state index is -0.561. The normalized spacial score (nSPS) is 10.4. The number of hydrogen-bond acceptors (Lipinski definition) is 7. The molecule has 0 bridgehead atoms. The van der Waals surface area contributed by atoms with Gasteiger partial charge in [0.15, 0.2) is 6.61 Å². The van der Waals surface area contributed by atoms with Gasteiger partial charge in [0.2, 0.25) is 11.1 Å². The summed E-state index contributed by atoms with van der Waals surface area (Å²) in [5.41, 5.74) is 6.83. The number of rotatable bonds is 7. The molecule has 0 radical (unpaired) electrons. The molecule has 9 nitrogen and oxygen atoms in total. The molecule has 3 N–H and O–H groups in total. The van der Waals surface area contributed by atoms with Gasteiger partial charge in [-0.1, -0.05) is 23.9 Å². The smallest absolute Gasteiger partial charge is 0.262 e. The largest absolute Gasteiger partial charge is 0.484 e. The van der Waals surface area contributed by atoms with Crippen LogP contribution >= 0.6 is 11.8 Å². The molecule has 0 saturated carbocycles. The Kier molecular flexibility index (Phi) is 5.67. The lowest BCUT2D eigenvalue weighted by Crippen LogP contribution is -2.20. The minimum absolute atomic E-state index is 0.215. The van der Waals surface area contributed by atoms with Crippen LogP contribution in [0, 0.1) is 0 Å². The molecule has 138 valence electrons. The number of amides is 2. The highest BCUT2D eigenvalue weighted by Gasteiger charge is 2.09. The first-order valence-corrected chi connectivity index (χ1v) is 9.04. The molecule has 3 aromatic rings. The minimum Gasteiger partial charge on any atom is -0.484 e. The molecule has 2 aromatic carbocycles. The van der Waals surface area contributed by atoms with E-state index in [9.17, 15) is 9.59 Å². The van der Waals surface area contributed by atoms with Gasteiger partial charge in [-0.15, -0.1) is 5.10 Å². The van der Waals surface area contributed by atoms with Crippen LogP contribution in [0.4, 0.5) is 5.69 Å².